The van der Waals surface area contributed by atoms with E-state index in [1.165, 1.54) is 0 Å². The van der Waals surface area contributed by atoms with E-state index in [2.05, 4.69) is 11.9 Å². The fraction of sp³-hybridized carbons (Fsp3) is 0.364. The molecule has 0 bridgehead atoms. The van der Waals surface area contributed by atoms with E-state index < -0.39 is 0 Å². The van der Waals surface area contributed by atoms with Crippen molar-refractivity contribution in [3.63, 3.8) is 0 Å². The van der Waals surface area contributed by atoms with Gasteiger partial charge in [-0.15, -0.1) is 0 Å². The maximum Gasteiger partial charge on any atom is 0.195 e. The van der Waals surface area contributed by atoms with Crippen LogP contribution in [0.25, 0.3) is 11.1 Å². The third-order valence-corrected chi connectivity index (χ3v) is 2.70. The number of aryl methyl sites for hydroxylation is 2. The number of benzene rings is 1. The Kier molecular flexibility index (Phi) is 2.57. The SMILES string of the molecule is CCCc1nc2c(C)c(N)cc(Cl)c2o1. The zero-order chi connectivity index (χ0) is 11.0. The number of fused-ring (bicyclic) bond motifs is 1. The predicted octanol–water partition coefficient (Wildman–Crippen LogP) is 3.32. The van der Waals surface area contributed by atoms with Gasteiger partial charge in [0.05, 0.1) is 5.02 Å². The normalized spacial score (nSPS) is 11.1. The van der Waals surface area contributed by atoms with Gasteiger partial charge in [0.15, 0.2) is 11.5 Å². The van der Waals surface area contributed by atoms with Crippen LogP contribution in [0.5, 0.6) is 0 Å². The first-order valence-corrected chi connectivity index (χ1v) is 5.35. The predicted molar refractivity (Wildman–Crippen MR) is 62.2 cm³/mol. The van der Waals surface area contributed by atoms with Crippen molar-refractivity contribution in [3.8, 4) is 0 Å². The maximum absolute atomic E-state index is 6.03. The topological polar surface area (TPSA) is 52.0 Å². The van der Waals surface area contributed by atoms with E-state index in [1.54, 1.807) is 6.07 Å². The van der Waals surface area contributed by atoms with Crippen molar-refractivity contribution in [2.75, 3.05) is 5.73 Å². The Morgan fingerprint density at radius 2 is 2.27 bits per heavy atom. The Morgan fingerprint density at radius 1 is 1.53 bits per heavy atom. The minimum Gasteiger partial charge on any atom is -0.439 e. The van der Waals surface area contributed by atoms with Gasteiger partial charge >= 0.3 is 0 Å². The molecule has 2 rings (SSSR count). The Labute approximate surface area is 93.2 Å². The smallest absolute Gasteiger partial charge is 0.195 e. The van der Waals surface area contributed by atoms with Crippen molar-refractivity contribution in [1.29, 1.82) is 0 Å². The Bertz CT molecular complexity index is 505. The van der Waals surface area contributed by atoms with Gasteiger partial charge in [-0.05, 0) is 19.4 Å². The van der Waals surface area contributed by atoms with Gasteiger partial charge in [-0.2, -0.15) is 0 Å². The molecule has 0 saturated carbocycles. The fourth-order valence-corrected chi connectivity index (χ4v) is 1.79. The summed E-state index contributed by atoms with van der Waals surface area (Å²) in [6.45, 7) is 4.00. The Balaban J connectivity index is 2.68. The van der Waals surface area contributed by atoms with Crippen LogP contribution >= 0.6 is 11.6 Å². The number of nitrogens with zero attached hydrogens (tertiary/aromatic N) is 1. The van der Waals surface area contributed by atoms with Crippen molar-refractivity contribution < 1.29 is 4.42 Å². The van der Waals surface area contributed by atoms with Crippen molar-refractivity contribution in [1.82, 2.24) is 4.98 Å². The Morgan fingerprint density at radius 3 is 2.93 bits per heavy atom. The quantitative estimate of drug-likeness (QED) is 0.797. The first kappa shape index (κ1) is 10.3. The van der Waals surface area contributed by atoms with Crippen LogP contribution in [-0.4, -0.2) is 4.98 Å². The highest BCUT2D eigenvalue weighted by Gasteiger charge is 2.13. The first-order chi connectivity index (χ1) is 7.13. The third-order valence-electron chi connectivity index (χ3n) is 2.42. The van der Waals surface area contributed by atoms with E-state index >= 15 is 0 Å². The van der Waals surface area contributed by atoms with Gasteiger partial charge in [0.2, 0.25) is 0 Å². The van der Waals surface area contributed by atoms with Crippen LogP contribution in [-0.2, 0) is 6.42 Å². The van der Waals surface area contributed by atoms with Crippen LogP contribution < -0.4 is 5.73 Å². The second-order valence-corrected chi connectivity index (χ2v) is 4.02. The summed E-state index contributed by atoms with van der Waals surface area (Å²) in [4.78, 5) is 4.39. The highest BCUT2D eigenvalue weighted by atomic mass is 35.5. The number of halogens is 1. The van der Waals surface area contributed by atoms with E-state index in [-0.39, 0.29) is 0 Å². The average molecular weight is 225 g/mol. The summed E-state index contributed by atoms with van der Waals surface area (Å²) in [5.74, 6) is 0.725. The number of aromatic nitrogens is 1. The van der Waals surface area contributed by atoms with Gasteiger partial charge in [0.25, 0.3) is 0 Å². The molecular weight excluding hydrogens is 212 g/mol. The van der Waals surface area contributed by atoms with Gasteiger partial charge in [0, 0.05) is 17.7 Å². The molecule has 1 heterocycles. The summed E-state index contributed by atoms with van der Waals surface area (Å²) in [6, 6.07) is 1.71. The van der Waals surface area contributed by atoms with E-state index in [4.69, 9.17) is 21.8 Å². The van der Waals surface area contributed by atoms with Gasteiger partial charge in [-0.1, -0.05) is 18.5 Å². The number of rotatable bonds is 2. The van der Waals surface area contributed by atoms with Gasteiger partial charge < -0.3 is 10.2 Å². The molecular formula is C11H13ClN2O. The van der Waals surface area contributed by atoms with Crippen LogP contribution in [0.15, 0.2) is 10.5 Å². The standard InChI is InChI=1S/C11H13ClN2O/c1-3-4-9-14-10-6(2)8(13)5-7(12)11(10)15-9/h5H,3-4,13H2,1-2H3. The molecule has 0 radical (unpaired) electrons. The molecule has 0 aliphatic carbocycles. The zero-order valence-corrected chi connectivity index (χ0v) is 9.56. The Hall–Kier alpha value is -1.22. The van der Waals surface area contributed by atoms with Gasteiger partial charge in [0.1, 0.15) is 5.52 Å². The van der Waals surface area contributed by atoms with Crippen LogP contribution in [0.2, 0.25) is 5.02 Å². The summed E-state index contributed by atoms with van der Waals surface area (Å²) >= 11 is 6.03. The van der Waals surface area contributed by atoms with Crippen LogP contribution in [0.1, 0.15) is 24.8 Å². The van der Waals surface area contributed by atoms with E-state index in [0.29, 0.717) is 16.3 Å². The van der Waals surface area contributed by atoms with Crippen molar-refractivity contribution in [2.45, 2.75) is 26.7 Å². The molecule has 2 N–H and O–H groups in total. The molecule has 0 fully saturated rings. The molecule has 0 aliphatic heterocycles. The van der Waals surface area contributed by atoms with Crippen molar-refractivity contribution >= 4 is 28.4 Å². The van der Waals surface area contributed by atoms with Crippen LogP contribution in [0.4, 0.5) is 5.69 Å². The molecule has 1 aromatic heterocycles. The van der Waals surface area contributed by atoms with Gasteiger partial charge in [-0.3, -0.25) is 0 Å². The second kappa shape index (κ2) is 3.74. The van der Waals surface area contributed by atoms with Crippen molar-refractivity contribution in [3.05, 3.63) is 22.5 Å². The number of hydrogen-bond donors (Lipinski definition) is 1. The van der Waals surface area contributed by atoms with Crippen LogP contribution in [0, 0.1) is 6.92 Å². The number of hydrogen-bond acceptors (Lipinski definition) is 3. The maximum atomic E-state index is 6.03. The zero-order valence-electron chi connectivity index (χ0n) is 8.80. The fourth-order valence-electron chi connectivity index (χ4n) is 1.55. The summed E-state index contributed by atoms with van der Waals surface area (Å²) in [6.07, 6.45) is 1.82. The molecule has 0 amide bonds. The molecule has 15 heavy (non-hydrogen) atoms. The molecule has 1 aromatic carbocycles. The lowest BCUT2D eigenvalue weighted by Crippen LogP contribution is -1.90. The number of nitrogens with two attached hydrogens (primary N) is 1. The molecule has 0 saturated heterocycles. The largest absolute Gasteiger partial charge is 0.439 e. The lowest BCUT2D eigenvalue weighted by atomic mass is 10.2. The lowest BCUT2D eigenvalue weighted by molar-refractivity contribution is 0.525. The van der Waals surface area contributed by atoms with E-state index in [0.717, 1.165) is 29.8 Å². The molecule has 3 nitrogen and oxygen atoms in total. The second-order valence-electron chi connectivity index (χ2n) is 3.61. The minimum absolute atomic E-state index is 0.531. The van der Waals surface area contributed by atoms with E-state index in [1.807, 2.05) is 6.92 Å². The van der Waals surface area contributed by atoms with E-state index in [9.17, 15) is 0 Å². The first-order valence-electron chi connectivity index (χ1n) is 4.97. The summed E-state index contributed by atoms with van der Waals surface area (Å²) in [5.41, 5.74) is 8.82. The molecule has 0 atom stereocenters. The van der Waals surface area contributed by atoms with Crippen LogP contribution in [0.3, 0.4) is 0 Å². The lowest BCUT2D eigenvalue weighted by Gasteiger charge is -2.00. The molecule has 2 aromatic rings. The highest BCUT2D eigenvalue weighted by Crippen LogP contribution is 2.31. The minimum atomic E-state index is 0.531. The summed E-state index contributed by atoms with van der Waals surface area (Å²) < 4.78 is 5.58. The number of oxazole rings is 1. The molecule has 4 heteroatoms. The highest BCUT2D eigenvalue weighted by molar-refractivity contribution is 6.35. The molecule has 0 spiro atoms. The third kappa shape index (κ3) is 1.67. The molecule has 0 aliphatic rings. The van der Waals surface area contributed by atoms with Gasteiger partial charge in [-0.25, -0.2) is 4.98 Å². The molecule has 80 valence electrons. The monoisotopic (exact) mass is 224 g/mol. The van der Waals surface area contributed by atoms with Crippen molar-refractivity contribution in [2.24, 2.45) is 0 Å². The number of nitrogen functional groups attached to an aromatic ring is 1. The summed E-state index contributed by atoms with van der Waals surface area (Å²) in [7, 11) is 0. The average Bonchev–Trinajstić information content (AvgIpc) is 2.60. The summed E-state index contributed by atoms with van der Waals surface area (Å²) in [5, 5.41) is 0.531. The number of anilines is 1. The molecule has 0 unspecified atom stereocenters.